The largest absolute Gasteiger partial charge is 0.496 e. The molecule has 2 nitrogen and oxygen atoms in total. The van der Waals surface area contributed by atoms with E-state index in [0.717, 1.165) is 48.4 Å². The van der Waals surface area contributed by atoms with Gasteiger partial charge in [-0.3, -0.25) is 0 Å². The van der Waals surface area contributed by atoms with Crippen LogP contribution in [0.5, 0.6) is 5.75 Å². The van der Waals surface area contributed by atoms with Crippen molar-refractivity contribution in [1.82, 2.24) is 4.90 Å². The summed E-state index contributed by atoms with van der Waals surface area (Å²) in [5.74, 6) is 0.615. The van der Waals surface area contributed by atoms with Gasteiger partial charge in [0, 0.05) is 16.0 Å². The Morgan fingerprint density at radius 2 is 1.62 bits per heavy atom. The maximum absolute atomic E-state index is 13.6. The molecule has 150 valence electrons. The molecule has 1 saturated heterocycles. The minimum Gasteiger partial charge on any atom is -0.496 e. The maximum atomic E-state index is 13.6. The molecule has 0 atom stereocenters. The minimum atomic E-state index is -0.203. The third kappa shape index (κ3) is 3.90. The van der Waals surface area contributed by atoms with Gasteiger partial charge in [-0.15, -0.1) is 0 Å². The Hall–Kier alpha value is -2.36. The maximum Gasteiger partial charge on any atom is 0.126 e. The van der Waals surface area contributed by atoms with Crippen LogP contribution < -0.4 is 4.74 Å². The first-order chi connectivity index (χ1) is 14.0. The molecule has 29 heavy (non-hydrogen) atoms. The lowest BCUT2D eigenvalue weighted by Gasteiger charge is -2.42. The molecule has 1 aliphatic rings. The van der Waals surface area contributed by atoms with Crippen molar-refractivity contribution in [2.45, 2.75) is 18.3 Å². The van der Waals surface area contributed by atoms with Crippen LogP contribution in [-0.4, -0.2) is 32.1 Å². The molecular weight excluding hydrogens is 385 g/mol. The molecule has 0 radical (unpaired) electrons. The molecule has 0 saturated carbocycles. The number of halogens is 2. The standard InChI is InChI=1S/C25H25ClFNO/c1-28-14-12-25(13-15-28,19-6-9-22(27)10-7-19)20-8-11-24(29-2)23(17-20)18-4-3-5-21(26)16-18/h3-11,16-17H,12-15H2,1-2H3. The summed E-state index contributed by atoms with van der Waals surface area (Å²) in [5, 5.41) is 0.697. The molecule has 0 N–H and O–H groups in total. The van der Waals surface area contributed by atoms with Crippen molar-refractivity contribution < 1.29 is 9.13 Å². The van der Waals surface area contributed by atoms with Gasteiger partial charge in [0.2, 0.25) is 0 Å². The smallest absolute Gasteiger partial charge is 0.126 e. The summed E-state index contributed by atoms with van der Waals surface area (Å²) < 4.78 is 19.3. The van der Waals surface area contributed by atoms with E-state index in [2.05, 4.69) is 24.1 Å². The van der Waals surface area contributed by atoms with Gasteiger partial charge in [0.1, 0.15) is 11.6 Å². The van der Waals surface area contributed by atoms with Gasteiger partial charge >= 0.3 is 0 Å². The highest BCUT2D eigenvalue weighted by molar-refractivity contribution is 6.30. The Bertz CT molecular complexity index is 994. The SMILES string of the molecule is COc1ccc(C2(c3ccc(F)cc3)CCN(C)CC2)cc1-c1cccc(Cl)c1. The van der Waals surface area contributed by atoms with Gasteiger partial charge in [-0.25, -0.2) is 4.39 Å². The fourth-order valence-electron chi connectivity index (χ4n) is 4.40. The zero-order valence-electron chi connectivity index (χ0n) is 16.8. The Morgan fingerprint density at radius 1 is 0.931 bits per heavy atom. The number of benzene rings is 3. The molecule has 0 aliphatic carbocycles. The fraction of sp³-hybridized carbons (Fsp3) is 0.280. The van der Waals surface area contributed by atoms with Crippen molar-refractivity contribution >= 4 is 11.6 Å². The normalized spacial score (nSPS) is 16.6. The molecule has 1 fully saturated rings. The number of likely N-dealkylation sites (tertiary alicyclic amines) is 1. The molecule has 3 aromatic carbocycles. The zero-order valence-corrected chi connectivity index (χ0v) is 17.5. The molecule has 1 aliphatic heterocycles. The molecule has 0 aromatic heterocycles. The Balaban J connectivity index is 1.87. The third-order valence-electron chi connectivity index (χ3n) is 6.13. The molecule has 0 spiro atoms. The van der Waals surface area contributed by atoms with E-state index in [0.29, 0.717) is 5.02 Å². The lowest BCUT2D eigenvalue weighted by molar-refractivity contribution is 0.213. The van der Waals surface area contributed by atoms with E-state index < -0.39 is 0 Å². The van der Waals surface area contributed by atoms with Crippen molar-refractivity contribution in [2.24, 2.45) is 0 Å². The van der Waals surface area contributed by atoms with Crippen LogP contribution in [0.2, 0.25) is 5.02 Å². The van der Waals surface area contributed by atoms with Crippen molar-refractivity contribution in [3.63, 3.8) is 0 Å². The molecule has 0 amide bonds. The molecule has 0 unspecified atom stereocenters. The van der Waals surface area contributed by atoms with Gasteiger partial charge in [0.15, 0.2) is 0 Å². The highest BCUT2D eigenvalue weighted by atomic mass is 35.5. The second kappa shape index (κ2) is 8.17. The molecule has 0 bridgehead atoms. The van der Waals surface area contributed by atoms with Crippen molar-refractivity contribution in [2.75, 3.05) is 27.2 Å². The van der Waals surface area contributed by atoms with Crippen molar-refractivity contribution in [3.8, 4) is 16.9 Å². The van der Waals surface area contributed by atoms with Gasteiger partial charge in [-0.05, 0) is 86.1 Å². The van der Waals surface area contributed by atoms with Crippen LogP contribution in [0.15, 0.2) is 66.7 Å². The Labute approximate surface area is 176 Å². The van der Waals surface area contributed by atoms with Crippen LogP contribution in [0.3, 0.4) is 0 Å². The first-order valence-corrected chi connectivity index (χ1v) is 10.3. The van der Waals surface area contributed by atoms with Crippen molar-refractivity contribution in [3.05, 3.63) is 88.7 Å². The zero-order chi connectivity index (χ0) is 20.4. The van der Waals surface area contributed by atoms with E-state index in [1.165, 1.54) is 5.56 Å². The summed E-state index contributed by atoms with van der Waals surface area (Å²) in [5.41, 5.74) is 4.29. The monoisotopic (exact) mass is 409 g/mol. The average Bonchev–Trinajstić information content (AvgIpc) is 2.75. The van der Waals surface area contributed by atoms with Crippen LogP contribution in [0.25, 0.3) is 11.1 Å². The topological polar surface area (TPSA) is 12.5 Å². The van der Waals surface area contributed by atoms with Crippen LogP contribution in [-0.2, 0) is 5.41 Å². The predicted molar refractivity (Wildman–Crippen MR) is 117 cm³/mol. The van der Waals surface area contributed by atoms with Crippen LogP contribution in [0.1, 0.15) is 24.0 Å². The lowest BCUT2D eigenvalue weighted by Crippen LogP contribution is -2.41. The lowest BCUT2D eigenvalue weighted by atomic mass is 9.67. The Kier molecular flexibility index (Phi) is 5.62. The highest BCUT2D eigenvalue weighted by Crippen LogP contribution is 2.44. The Morgan fingerprint density at radius 3 is 2.28 bits per heavy atom. The quantitative estimate of drug-likeness (QED) is 0.511. The third-order valence-corrected chi connectivity index (χ3v) is 6.36. The summed E-state index contributed by atoms with van der Waals surface area (Å²) in [6.07, 6.45) is 1.97. The van der Waals surface area contributed by atoms with Gasteiger partial charge in [0.25, 0.3) is 0 Å². The minimum absolute atomic E-state index is 0.153. The van der Waals surface area contributed by atoms with E-state index in [4.69, 9.17) is 16.3 Å². The number of rotatable bonds is 4. The summed E-state index contributed by atoms with van der Waals surface area (Å²) in [7, 11) is 3.84. The average molecular weight is 410 g/mol. The molecule has 3 aromatic rings. The van der Waals surface area contributed by atoms with E-state index in [-0.39, 0.29) is 11.2 Å². The number of methoxy groups -OCH3 is 1. The summed E-state index contributed by atoms with van der Waals surface area (Å²) in [6.45, 7) is 1.99. The molecule has 1 heterocycles. The number of ether oxygens (including phenoxy) is 1. The van der Waals surface area contributed by atoms with Gasteiger partial charge in [-0.2, -0.15) is 0 Å². The number of hydrogen-bond acceptors (Lipinski definition) is 2. The van der Waals surface area contributed by atoms with E-state index in [1.54, 1.807) is 19.2 Å². The van der Waals surface area contributed by atoms with Crippen molar-refractivity contribution in [1.29, 1.82) is 0 Å². The van der Waals surface area contributed by atoms with Gasteiger partial charge in [-0.1, -0.05) is 41.9 Å². The highest BCUT2D eigenvalue weighted by Gasteiger charge is 2.37. The van der Waals surface area contributed by atoms with Crippen LogP contribution in [0, 0.1) is 5.82 Å². The van der Waals surface area contributed by atoms with E-state index in [1.807, 2.05) is 42.5 Å². The molecule has 4 rings (SSSR count). The second-order valence-electron chi connectivity index (χ2n) is 7.82. The summed E-state index contributed by atoms with van der Waals surface area (Å²) >= 11 is 6.25. The van der Waals surface area contributed by atoms with Crippen LogP contribution >= 0.6 is 11.6 Å². The van der Waals surface area contributed by atoms with Gasteiger partial charge < -0.3 is 9.64 Å². The van der Waals surface area contributed by atoms with E-state index in [9.17, 15) is 4.39 Å². The predicted octanol–water partition coefficient (Wildman–Crippen LogP) is 6.17. The molecule has 4 heteroatoms. The number of nitrogens with zero attached hydrogens (tertiary/aromatic N) is 1. The second-order valence-corrected chi connectivity index (χ2v) is 8.25. The molecular formula is C25H25ClFNO. The summed E-state index contributed by atoms with van der Waals surface area (Å²) in [6, 6.07) is 21.2. The van der Waals surface area contributed by atoms with E-state index >= 15 is 0 Å². The first kappa shape index (κ1) is 19.9. The summed E-state index contributed by atoms with van der Waals surface area (Å²) in [4.78, 5) is 2.35. The number of piperidine rings is 1. The number of hydrogen-bond donors (Lipinski definition) is 0. The first-order valence-electron chi connectivity index (χ1n) is 9.91. The fourth-order valence-corrected chi connectivity index (χ4v) is 4.59. The van der Waals surface area contributed by atoms with Crippen LogP contribution in [0.4, 0.5) is 4.39 Å². The van der Waals surface area contributed by atoms with Gasteiger partial charge in [0.05, 0.1) is 7.11 Å².